The van der Waals surface area contributed by atoms with Crippen molar-refractivity contribution in [1.82, 2.24) is 0 Å². The zero-order chi connectivity index (χ0) is 18.6. The third-order valence-electron chi connectivity index (χ3n) is 3.16. The molecule has 132 valence electrons. The second kappa shape index (κ2) is 8.43. The second-order valence-electron chi connectivity index (χ2n) is 4.90. The predicted octanol–water partition coefficient (Wildman–Crippen LogP) is 4.73. The summed E-state index contributed by atoms with van der Waals surface area (Å²) in [4.78, 5) is 24.1. The van der Waals surface area contributed by atoms with E-state index in [2.05, 4.69) is 0 Å². The Bertz CT molecular complexity index is 820. The number of halogens is 3. The maximum Gasteiger partial charge on any atom is 0.352 e. The fourth-order valence-corrected chi connectivity index (χ4v) is 2.71. The molecule has 2 aromatic rings. The molecule has 0 amide bonds. The van der Waals surface area contributed by atoms with E-state index in [0.29, 0.717) is 10.8 Å². The van der Waals surface area contributed by atoms with Gasteiger partial charge in [0.15, 0.2) is 12.4 Å². The van der Waals surface area contributed by atoms with Gasteiger partial charge < -0.3 is 14.2 Å². The Hall–Kier alpha value is -1.95. The lowest BCUT2D eigenvalue weighted by Crippen LogP contribution is -2.20. The Morgan fingerprint density at radius 2 is 1.72 bits per heavy atom. The number of rotatable bonds is 5. The largest absolute Gasteiger partial charge is 0.494 e. The number of hydrogen-bond acceptors (Lipinski definition) is 5. The lowest BCUT2D eigenvalue weighted by molar-refractivity contribution is -0.140. The van der Waals surface area contributed by atoms with E-state index in [0.717, 1.165) is 5.56 Å². The number of ether oxygens (including phenoxy) is 3. The molecule has 0 aliphatic heterocycles. The van der Waals surface area contributed by atoms with E-state index >= 15 is 0 Å². The average molecular weight is 404 g/mol. The number of carbonyl (C=O) groups is 2. The first-order valence-electron chi connectivity index (χ1n) is 6.99. The van der Waals surface area contributed by atoms with Crippen molar-refractivity contribution in [1.29, 1.82) is 0 Å². The summed E-state index contributed by atoms with van der Waals surface area (Å²) in [5.41, 5.74) is 0.610. The normalized spacial score (nSPS) is 10.3. The summed E-state index contributed by atoms with van der Waals surface area (Å²) in [6.45, 7) is 1.31. The Labute approximate surface area is 159 Å². The van der Waals surface area contributed by atoms with Crippen LogP contribution >= 0.6 is 34.8 Å². The molecule has 2 rings (SSSR count). The third-order valence-corrected chi connectivity index (χ3v) is 4.00. The first-order chi connectivity index (χ1) is 11.8. The lowest BCUT2D eigenvalue weighted by atomic mass is 10.2. The Kier molecular flexibility index (Phi) is 6.53. The minimum atomic E-state index is -0.981. The molecule has 8 heteroatoms. The summed E-state index contributed by atoms with van der Waals surface area (Å²) >= 11 is 17.8. The SMILES string of the molecule is COc1c(Cl)ccc(Cl)c1C(=O)OC(=O)COc1ccc(Cl)cc1C. The highest BCUT2D eigenvalue weighted by Crippen LogP contribution is 2.34. The zero-order valence-corrected chi connectivity index (χ0v) is 15.5. The molecule has 0 unspecified atom stereocenters. The molecule has 0 radical (unpaired) electrons. The standard InChI is InChI=1S/C17H13Cl3O5/c1-9-7-10(18)3-6-13(9)24-8-14(21)25-17(22)15-11(19)4-5-12(20)16(15)23-2/h3-7H,8H2,1-2H3. The predicted molar refractivity (Wildman–Crippen MR) is 95.1 cm³/mol. The molecule has 2 aromatic carbocycles. The molecule has 0 heterocycles. The Morgan fingerprint density at radius 1 is 1.04 bits per heavy atom. The fraction of sp³-hybridized carbons (Fsp3) is 0.176. The highest BCUT2D eigenvalue weighted by atomic mass is 35.5. The molecule has 0 N–H and O–H groups in total. The van der Waals surface area contributed by atoms with Gasteiger partial charge >= 0.3 is 11.9 Å². The molecule has 25 heavy (non-hydrogen) atoms. The summed E-state index contributed by atoms with van der Waals surface area (Å²) in [5.74, 6) is -1.39. The molecule has 0 spiro atoms. The van der Waals surface area contributed by atoms with Gasteiger partial charge in [-0.3, -0.25) is 0 Å². The minimum absolute atomic E-state index is 0.0291. The van der Waals surface area contributed by atoms with Crippen molar-refractivity contribution in [3.63, 3.8) is 0 Å². The quantitative estimate of drug-likeness (QED) is 0.534. The topological polar surface area (TPSA) is 61.8 Å². The summed E-state index contributed by atoms with van der Waals surface area (Å²) in [7, 11) is 1.32. The minimum Gasteiger partial charge on any atom is -0.494 e. The summed E-state index contributed by atoms with van der Waals surface area (Å²) < 4.78 is 15.1. The van der Waals surface area contributed by atoms with E-state index in [-0.39, 0.29) is 21.4 Å². The van der Waals surface area contributed by atoms with E-state index in [1.54, 1.807) is 25.1 Å². The van der Waals surface area contributed by atoms with Crippen molar-refractivity contribution in [2.45, 2.75) is 6.92 Å². The van der Waals surface area contributed by atoms with Crippen LogP contribution in [0, 0.1) is 6.92 Å². The molecule has 0 bridgehead atoms. The number of hydrogen-bond donors (Lipinski definition) is 0. The van der Waals surface area contributed by atoms with E-state index in [1.165, 1.54) is 19.2 Å². The molecule has 0 aliphatic rings. The van der Waals surface area contributed by atoms with Crippen LogP contribution in [-0.2, 0) is 9.53 Å². The van der Waals surface area contributed by atoms with E-state index in [1.807, 2.05) is 0 Å². The van der Waals surface area contributed by atoms with Gasteiger partial charge in [0, 0.05) is 5.02 Å². The van der Waals surface area contributed by atoms with Crippen LogP contribution in [-0.4, -0.2) is 25.7 Å². The zero-order valence-electron chi connectivity index (χ0n) is 13.3. The lowest BCUT2D eigenvalue weighted by Gasteiger charge is -2.12. The van der Waals surface area contributed by atoms with Crippen LogP contribution in [0.5, 0.6) is 11.5 Å². The monoisotopic (exact) mass is 402 g/mol. The summed E-state index contributed by atoms with van der Waals surface area (Å²) in [6, 6.07) is 7.79. The van der Waals surface area contributed by atoms with Crippen LogP contribution in [0.2, 0.25) is 15.1 Å². The van der Waals surface area contributed by atoms with Crippen molar-refractivity contribution >= 4 is 46.7 Å². The second-order valence-corrected chi connectivity index (χ2v) is 6.15. The molecule has 5 nitrogen and oxygen atoms in total. The van der Waals surface area contributed by atoms with Gasteiger partial charge in [-0.2, -0.15) is 0 Å². The van der Waals surface area contributed by atoms with Gasteiger partial charge in [-0.15, -0.1) is 0 Å². The van der Waals surface area contributed by atoms with Gasteiger partial charge in [-0.05, 0) is 42.8 Å². The Balaban J connectivity index is 2.06. The molecule has 0 fully saturated rings. The van der Waals surface area contributed by atoms with Gasteiger partial charge in [-0.25, -0.2) is 9.59 Å². The van der Waals surface area contributed by atoms with Crippen molar-refractivity contribution in [3.8, 4) is 11.5 Å². The van der Waals surface area contributed by atoms with Crippen LogP contribution < -0.4 is 9.47 Å². The van der Waals surface area contributed by atoms with Crippen molar-refractivity contribution < 1.29 is 23.8 Å². The van der Waals surface area contributed by atoms with Crippen LogP contribution in [0.3, 0.4) is 0 Å². The number of aryl methyl sites for hydroxylation is 1. The van der Waals surface area contributed by atoms with E-state index < -0.39 is 18.5 Å². The molecule has 0 atom stereocenters. The highest BCUT2D eigenvalue weighted by molar-refractivity contribution is 6.37. The van der Waals surface area contributed by atoms with Crippen molar-refractivity contribution in [2.75, 3.05) is 13.7 Å². The third kappa shape index (κ3) is 4.78. The van der Waals surface area contributed by atoms with Crippen LogP contribution in [0.25, 0.3) is 0 Å². The molecule has 0 saturated carbocycles. The highest BCUT2D eigenvalue weighted by Gasteiger charge is 2.23. The number of carbonyl (C=O) groups excluding carboxylic acids is 2. The first-order valence-corrected chi connectivity index (χ1v) is 8.12. The van der Waals surface area contributed by atoms with Gasteiger partial charge in [0.1, 0.15) is 11.3 Å². The maximum absolute atomic E-state index is 12.2. The van der Waals surface area contributed by atoms with Crippen molar-refractivity contribution in [2.24, 2.45) is 0 Å². The summed E-state index contributed by atoms with van der Waals surface area (Å²) in [5, 5.41) is 0.762. The van der Waals surface area contributed by atoms with Crippen LogP contribution in [0.4, 0.5) is 0 Å². The fourth-order valence-electron chi connectivity index (χ4n) is 2.02. The Morgan fingerprint density at radius 3 is 2.36 bits per heavy atom. The summed E-state index contributed by atoms with van der Waals surface area (Å²) in [6.07, 6.45) is 0. The smallest absolute Gasteiger partial charge is 0.352 e. The molecular weight excluding hydrogens is 391 g/mol. The van der Waals surface area contributed by atoms with Gasteiger partial charge in [0.25, 0.3) is 0 Å². The number of esters is 2. The van der Waals surface area contributed by atoms with Crippen LogP contribution in [0.1, 0.15) is 15.9 Å². The maximum atomic E-state index is 12.2. The van der Waals surface area contributed by atoms with Crippen LogP contribution in [0.15, 0.2) is 30.3 Å². The van der Waals surface area contributed by atoms with E-state index in [4.69, 9.17) is 49.0 Å². The molecule has 0 aliphatic carbocycles. The number of methoxy groups -OCH3 is 1. The molecular formula is C17H13Cl3O5. The van der Waals surface area contributed by atoms with Crippen molar-refractivity contribution in [3.05, 3.63) is 56.5 Å². The average Bonchev–Trinajstić information content (AvgIpc) is 2.55. The first kappa shape index (κ1) is 19.4. The van der Waals surface area contributed by atoms with E-state index in [9.17, 15) is 9.59 Å². The van der Waals surface area contributed by atoms with Gasteiger partial charge in [0.05, 0.1) is 17.2 Å². The van der Waals surface area contributed by atoms with Gasteiger partial charge in [0.2, 0.25) is 0 Å². The molecule has 0 saturated heterocycles. The number of benzene rings is 2. The van der Waals surface area contributed by atoms with Gasteiger partial charge in [-0.1, -0.05) is 34.8 Å². The molecule has 0 aromatic heterocycles.